The number of thiophene rings is 1. The molecule has 0 aliphatic heterocycles. The average Bonchev–Trinajstić information content (AvgIpc) is 3.03. The molecule has 3 aromatic rings. The fourth-order valence-corrected chi connectivity index (χ4v) is 5.43. The molecule has 4 rings (SSSR count). The van der Waals surface area contributed by atoms with Gasteiger partial charge in [-0.05, 0) is 54.4 Å². The molecule has 1 atom stereocenters. The second-order valence-corrected chi connectivity index (χ2v) is 10.1. The normalized spacial score (nSPS) is 16.5. The predicted octanol–water partition coefficient (Wildman–Crippen LogP) is 4.85. The number of hydrogen-bond donors (Lipinski definition) is 2. The number of benzene rings is 1. The van der Waals surface area contributed by atoms with Crippen LogP contribution in [0.2, 0.25) is 0 Å². The van der Waals surface area contributed by atoms with Gasteiger partial charge >= 0.3 is 0 Å². The van der Waals surface area contributed by atoms with Crippen LogP contribution in [0.5, 0.6) is 0 Å². The minimum Gasteiger partial charge on any atom is -0.326 e. The van der Waals surface area contributed by atoms with Gasteiger partial charge in [0.25, 0.3) is 5.56 Å². The van der Waals surface area contributed by atoms with Crippen LogP contribution in [-0.2, 0) is 24.1 Å². The van der Waals surface area contributed by atoms with E-state index < -0.39 is 5.82 Å². The third kappa shape index (κ3) is 4.31. The molecule has 0 radical (unpaired) electrons. The summed E-state index contributed by atoms with van der Waals surface area (Å²) in [6, 6.07) is 5.77. The largest absolute Gasteiger partial charge is 0.326 e. The maximum absolute atomic E-state index is 13.2. The molecule has 5 nitrogen and oxygen atoms in total. The van der Waals surface area contributed by atoms with Crippen LogP contribution in [0, 0.1) is 17.2 Å². The maximum atomic E-state index is 13.2. The quantitative estimate of drug-likeness (QED) is 0.625. The Labute approximate surface area is 178 Å². The van der Waals surface area contributed by atoms with Crippen molar-refractivity contribution < 1.29 is 9.18 Å². The van der Waals surface area contributed by atoms with Crippen molar-refractivity contribution in [3.63, 3.8) is 0 Å². The Morgan fingerprint density at radius 1 is 1.37 bits per heavy atom. The van der Waals surface area contributed by atoms with Gasteiger partial charge in [-0.2, -0.15) is 0 Å². The Morgan fingerprint density at radius 3 is 2.90 bits per heavy atom. The summed E-state index contributed by atoms with van der Waals surface area (Å²) in [4.78, 5) is 34.5. The highest BCUT2D eigenvalue weighted by Crippen LogP contribution is 2.41. The summed E-state index contributed by atoms with van der Waals surface area (Å²) < 4.78 is 13.2. The van der Waals surface area contributed by atoms with Crippen LogP contribution in [0.15, 0.2) is 29.1 Å². The molecule has 0 unspecified atom stereocenters. The van der Waals surface area contributed by atoms with Gasteiger partial charge in [0.1, 0.15) is 16.5 Å². The first-order valence-electron chi connectivity index (χ1n) is 10.3. The third-order valence-corrected chi connectivity index (χ3v) is 7.04. The van der Waals surface area contributed by atoms with Crippen molar-refractivity contribution in [2.24, 2.45) is 11.3 Å². The van der Waals surface area contributed by atoms with Crippen molar-refractivity contribution in [2.45, 2.75) is 52.9 Å². The second kappa shape index (κ2) is 7.95. The molecule has 2 heterocycles. The van der Waals surface area contributed by atoms with E-state index in [9.17, 15) is 14.0 Å². The first-order valence-corrected chi connectivity index (χ1v) is 11.1. The Morgan fingerprint density at radius 2 is 2.17 bits per heavy atom. The molecule has 158 valence electrons. The van der Waals surface area contributed by atoms with Gasteiger partial charge in [0.2, 0.25) is 5.91 Å². The molecule has 1 aliphatic carbocycles. The summed E-state index contributed by atoms with van der Waals surface area (Å²) in [6.07, 6.45) is 3.47. The highest BCUT2D eigenvalue weighted by atomic mass is 32.1. The van der Waals surface area contributed by atoms with Crippen molar-refractivity contribution >= 4 is 33.1 Å². The molecule has 2 aromatic heterocycles. The lowest BCUT2D eigenvalue weighted by Crippen LogP contribution is -2.26. The Balaban J connectivity index is 1.50. The Bertz CT molecular complexity index is 1160. The predicted molar refractivity (Wildman–Crippen MR) is 119 cm³/mol. The monoisotopic (exact) mass is 427 g/mol. The lowest BCUT2D eigenvalue weighted by Gasteiger charge is -2.33. The smallest absolute Gasteiger partial charge is 0.259 e. The van der Waals surface area contributed by atoms with Crippen LogP contribution in [0.25, 0.3) is 10.2 Å². The van der Waals surface area contributed by atoms with E-state index in [0.29, 0.717) is 23.9 Å². The zero-order valence-corrected chi connectivity index (χ0v) is 18.3. The van der Waals surface area contributed by atoms with E-state index in [1.54, 1.807) is 23.5 Å². The van der Waals surface area contributed by atoms with Crippen LogP contribution in [0.4, 0.5) is 10.1 Å². The van der Waals surface area contributed by atoms with E-state index >= 15 is 0 Å². The van der Waals surface area contributed by atoms with E-state index in [0.717, 1.165) is 35.0 Å². The number of hydrogen-bond acceptors (Lipinski definition) is 4. The van der Waals surface area contributed by atoms with E-state index in [4.69, 9.17) is 0 Å². The molecular weight excluding hydrogens is 401 g/mol. The minimum atomic E-state index is -0.403. The van der Waals surface area contributed by atoms with Gasteiger partial charge in [0.15, 0.2) is 0 Å². The SMILES string of the molecule is CC(C)(C)[C@@H]1CCc2c(sc3nc(CCC(=O)Nc4cccc(F)c4)[nH]c(=O)c23)C1. The van der Waals surface area contributed by atoms with Crippen molar-refractivity contribution in [3.05, 3.63) is 56.7 Å². The summed E-state index contributed by atoms with van der Waals surface area (Å²) in [7, 11) is 0. The van der Waals surface area contributed by atoms with Crippen LogP contribution in [0.1, 0.15) is 49.9 Å². The Kier molecular flexibility index (Phi) is 5.49. The number of fused-ring (bicyclic) bond motifs is 3. The molecule has 0 saturated carbocycles. The molecule has 1 aromatic carbocycles. The van der Waals surface area contributed by atoms with Gasteiger partial charge in [-0.3, -0.25) is 9.59 Å². The zero-order valence-electron chi connectivity index (χ0n) is 17.5. The zero-order chi connectivity index (χ0) is 21.5. The molecule has 1 amide bonds. The van der Waals surface area contributed by atoms with Gasteiger partial charge in [-0.1, -0.05) is 26.8 Å². The van der Waals surface area contributed by atoms with E-state index in [1.165, 1.54) is 17.0 Å². The molecule has 7 heteroatoms. The molecule has 1 aliphatic rings. The summed E-state index contributed by atoms with van der Waals surface area (Å²) >= 11 is 1.61. The van der Waals surface area contributed by atoms with E-state index in [1.807, 2.05) is 0 Å². The summed E-state index contributed by atoms with van der Waals surface area (Å²) in [5.74, 6) is 0.456. The number of H-pyrrole nitrogens is 1. The summed E-state index contributed by atoms with van der Waals surface area (Å²) in [5, 5.41) is 3.39. The Hall–Kier alpha value is -2.54. The van der Waals surface area contributed by atoms with Gasteiger partial charge in [-0.25, -0.2) is 9.37 Å². The van der Waals surface area contributed by atoms with Gasteiger partial charge in [-0.15, -0.1) is 11.3 Å². The molecular formula is C23H26FN3O2S. The number of amides is 1. The highest BCUT2D eigenvalue weighted by Gasteiger charge is 2.31. The van der Waals surface area contributed by atoms with E-state index in [-0.39, 0.29) is 23.3 Å². The third-order valence-electron chi connectivity index (χ3n) is 5.89. The van der Waals surface area contributed by atoms with Gasteiger partial charge in [0.05, 0.1) is 5.39 Å². The van der Waals surface area contributed by atoms with Crippen molar-refractivity contribution in [1.29, 1.82) is 0 Å². The van der Waals surface area contributed by atoms with Crippen LogP contribution in [-0.4, -0.2) is 15.9 Å². The number of anilines is 1. The fourth-order valence-electron chi connectivity index (χ4n) is 4.11. The standard InChI is InChI=1S/C23H26FN3O2S/c1-23(2,3)13-7-8-16-17(11-13)30-22-20(16)21(29)26-18(27-22)9-10-19(28)25-15-6-4-5-14(24)12-15/h4-6,12-13H,7-11H2,1-3H3,(H,25,28)(H,26,27,29)/t13-/m1/s1. The van der Waals surface area contributed by atoms with Gasteiger partial charge < -0.3 is 10.3 Å². The fraction of sp³-hybridized carbons (Fsp3) is 0.435. The molecule has 30 heavy (non-hydrogen) atoms. The van der Waals surface area contributed by atoms with E-state index in [2.05, 4.69) is 36.1 Å². The molecule has 0 saturated heterocycles. The van der Waals surface area contributed by atoms with Crippen LogP contribution >= 0.6 is 11.3 Å². The number of aromatic amines is 1. The number of rotatable bonds is 4. The number of halogens is 1. The van der Waals surface area contributed by atoms with Gasteiger partial charge in [0, 0.05) is 23.4 Å². The molecule has 2 N–H and O–H groups in total. The first-order chi connectivity index (χ1) is 14.2. The lowest BCUT2D eigenvalue weighted by molar-refractivity contribution is -0.116. The van der Waals surface area contributed by atoms with Crippen LogP contribution < -0.4 is 10.9 Å². The van der Waals surface area contributed by atoms with Crippen molar-refractivity contribution in [1.82, 2.24) is 9.97 Å². The second-order valence-electron chi connectivity index (χ2n) is 9.06. The molecule has 0 fully saturated rings. The minimum absolute atomic E-state index is 0.118. The number of aryl methyl sites for hydroxylation is 2. The number of nitrogens with one attached hydrogen (secondary N) is 2. The number of nitrogens with zero attached hydrogens (tertiary/aromatic N) is 1. The summed E-state index contributed by atoms with van der Waals surface area (Å²) in [5.41, 5.74) is 1.69. The topological polar surface area (TPSA) is 74.8 Å². The maximum Gasteiger partial charge on any atom is 0.259 e. The molecule has 0 bridgehead atoms. The lowest BCUT2D eigenvalue weighted by atomic mass is 9.72. The average molecular weight is 428 g/mol. The number of carbonyl (C=O) groups excluding carboxylic acids is 1. The molecule has 0 spiro atoms. The highest BCUT2D eigenvalue weighted by molar-refractivity contribution is 7.18. The number of aromatic nitrogens is 2. The summed E-state index contributed by atoms with van der Waals surface area (Å²) in [6.45, 7) is 6.82. The van der Waals surface area contributed by atoms with Crippen LogP contribution in [0.3, 0.4) is 0 Å². The first kappa shape index (κ1) is 20.7. The number of carbonyl (C=O) groups is 1. The van der Waals surface area contributed by atoms with Crippen molar-refractivity contribution in [3.8, 4) is 0 Å². The van der Waals surface area contributed by atoms with Crippen molar-refractivity contribution in [2.75, 3.05) is 5.32 Å².